The Kier molecular flexibility index (Phi) is 6.41. The number of aryl methyl sites for hydroxylation is 1. The predicted octanol–water partition coefficient (Wildman–Crippen LogP) is 2.19. The van der Waals surface area contributed by atoms with Gasteiger partial charge in [-0.15, -0.1) is 10.2 Å². The van der Waals surface area contributed by atoms with Gasteiger partial charge in [-0.05, 0) is 54.8 Å². The van der Waals surface area contributed by atoms with Crippen molar-refractivity contribution in [1.29, 1.82) is 0 Å². The van der Waals surface area contributed by atoms with E-state index in [0.29, 0.717) is 12.5 Å². The Hall–Kier alpha value is -2.45. The number of thiophene rings is 1. The number of hydrogen-bond acceptors (Lipinski definition) is 5. The Labute approximate surface area is 163 Å². The van der Waals surface area contributed by atoms with Crippen LogP contribution in [0.2, 0.25) is 0 Å². The van der Waals surface area contributed by atoms with E-state index in [1.165, 1.54) is 0 Å². The maximum absolute atomic E-state index is 10.6. The first kappa shape index (κ1) is 19.3. The highest BCUT2D eigenvalue weighted by molar-refractivity contribution is 7.08. The van der Waals surface area contributed by atoms with Crippen molar-refractivity contribution in [3.05, 3.63) is 52.6 Å². The van der Waals surface area contributed by atoms with Crippen LogP contribution in [-0.2, 0) is 12.0 Å². The molecule has 0 saturated carbocycles. The monoisotopic (exact) mass is 386 g/mol. The average Bonchev–Trinajstić information content (AvgIpc) is 3.34. The van der Waals surface area contributed by atoms with Gasteiger partial charge in [-0.25, -0.2) is 4.99 Å². The van der Waals surface area contributed by atoms with Gasteiger partial charge in [-0.2, -0.15) is 11.3 Å². The molecule has 0 amide bonds. The zero-order valence-corrected chi connectivity index (χ0v) is 16.5. The fraction of sp³-hybridized carbons (Fsp3) is 0.421. The van der Waals surface area contributed by atoms with Crippen LogP contribution in [0.25, 0.3) is 5.65 Å². The number of aliphatic hydroxyl groups is 1. The number of pyridine rings is 1. The number of rotatable bonds is 8. The molecule has 0 saturated heterocycles. The highest BCUT2D eigenvalue weighted by Crippen LogP contribution is 2.23. The third-order valence-corrected chi connectivity index (χ3v) is 4.97. The number of hydrogen-bond donors (Lipinski definition) is 3. The van der Waals surface area contributed by atoms with Crippen LogP contribution in [0.1, 0.15) is 31.7 Å². The number of fused-ring (bicyclic) bond motifs is 1. The maximum atomic E-state index is 10.6. The van der Waals surface area contributed by atoms with Gasteiger partial charge >= 0.3 is 0 Å². The molecular formula is C19H26N6OS. The minimum Gasteiger partial charge on any atom is -0.383 e. The van der Waals surface area contributed by atoms with Crippen molar-refractivity contribution in [2.75, 3.05) is 19.6 Å². The summed E-state index contributed by atoms with van der Waals surface area (Å²) in [4.78, 5) is 4.54. The first-order valence-electron chi connectivity index (χ1n) is 9.16. The van der Waals surface area contributed by atoms with Crippen molar-refractivity contribution >= 4 is 22.9 Å². The number of aromatic nitrogens is 3. The van der Waals surface area contributed by atoms with Crippen LogP contribution in [0, 0.1) is 0 Å². The van der Waals surface area contributed by atoms with Crippen LogP contribution < -0.4 is 10.6 Å². The molecule has 7 nitrogen and oxygen atoms in total. The highest BCUT2D eigenvalue weighted by Gasteiger charge is 2.23. The van der Waals surface area contributed by atoms with E-state index < -0.39 is 5.60 Å². The molecule has 3 heterocycles. The zero-order chi connectivity index (χ0) is 19.1. The van der Waals surface area contributed by atoms with Crippen molar-refractivity contribution < 1.29 is 5.11 Å². The second kappa shape index (κ2) is 8.96. The molecule has 3 rings (SSSR count). The molecule has 0 fully saturated rings. The third kappa shape index (κ3) is 5.05. The van der Waals surface area contributed by atoms with Crippen LogP contribution >= 0.6 is 11.3 Å². The van der Waals surface area contributed by atoms with E-state index in [4.69, 9.17) is 0 Å². The Morgan fingerprint density at radius 2 is 2.19 bits per heavy atom. The molecule has 0 bridgehead atoms. The molecule has 3 aromatic heterocycles. The molecule has 1 unspecified atom stereocenters. The minimum absolute atomic E-state index is 0.299. The fourth-order valence-corrected chi connectivity index (χ4v) is 3.53. The van der Waals surface area contributed by atoms with Gasteiger partial charge in [0.15, 0.2) is 11.6 Å². The fourth-order valence-electron chi connectivity index (χ4n) is 2.75. The summed E-state index contributed by atoms with van der Waals surface area (Å²) < 4.78 is 2.01. The summed E-state index contributed by atoms with van der Waals surface area (Å²) in [6, 6.07) is 7.82. The molecule has 0 spiro atoms. The van der Waals surface area contributed by atoms with Gasteiger partial charge in [-0.3, -0.25) is 4.40 Å². The molecule has 0 aliphatic heterocycles. The van der Waals surface area contributed by atoms with Crippen molar-refractivity contribution in [2.45, 2.75) is 32.3 Å². The third-order valence-electron chi connectivity index (χ3n) is 4.29. The molecular weight excluding hydrogens is 360 g/mol. The molecule has 0 radical (unpaired) electrons. The molecule has 1 atom stereocenters. The van der Waals surface area contributed by atoms with Gasteiger partial charge in [0.1, 0.15) is 11.4 Å². The van der Waals surface area contributed by atoms with Gasteiger partial charge in [0.05, 0.1) is 6.54 Å². The van der Waals surface area contributed by atoms with E-state index in [9.17, 15) is 5.11 Å². The van der Waals surface area contributed by atoms with Crippen LogP contribution in [0.5, 0.6) is 0 Å². The van der Waals surface area contributed by atoms with Gasteiger partial charge in [0, 0.05) is 25.7 Å². The molecule has 0 aliphatic rings. The topological polar surface area (TPSA) is 86.8 Å². The Morgan fingerprint density at radius 1 is 1.30 bits per heavy atom. The number of nitrogens with zero attached hydrogens (tertiary/aromatic N) is 4. The van der Waals surface area contributed by atoms with E-state index in [2.05, 4.69) is 25.8 Å². The summed E-state index contributed by atoms with van der Waals surface area (Å²) in [5.41, 5.74) is 0.791. The van der Waals surface area contributed by atoms with Crippen LogP contribution in [0.15, 0.2) is 46.2 Å². The molecule has 3 aromatic rings. The van der Waals surface area contributed by atoms with E-state index in [1.54, 1.807) is 18.3 Å². The van der Waals surface area contributed by atoms with Gasteiger partial charge in [0.25, 0.3) is 0 Å². The lowest BCUT2D eigenvalue weighted by molar-refractivity contribution is 0.0677. The summed E-state index contributed by atoms with van der Waals surface area (Å²) in [5.74, 6) is 1.66. The number of aliphatic imine (C=N–C) groups is 1. The molecule has 144 valence electrons. The second-order valence-electron chi connectivity index (χ2n) is 6.56. The average molecular weight is 387 g/mol. The first-order chi connectivity index (χ1) is 13.1. The molecule has 27 heavy (non-hydrogen) atoms. The number of nitrogens with one attached hydrogen (secondary N) is 2. The van der Waals surface area contributed by atoms with Crippen LogP contribution in [0.4, 0.5) is 0 Å². The van der Waals surface area contributed by atoms with Crippen molar-refractivity contribution in [3.63, 3.8) is 0 Å². The van der Waals surface area contributed by atoms with Crippen LogP contribution in [-0.4, -0.2) is 45.3 Å². The molecule has 8 heteroatoms. The van der Waals surface area contributed by atoms with Crippen molar-refractivity contribution in [1.82, 2.24) is 25.2 Å². The summed E-state index contributed by atoms with van der Waals surface area (Å²) >= 11 is 1.57. The van der Waals surface area contributed by atoms with Crippen LogP contribution in [0.3, 0.4) is 0 Å². The maximum Gasteiger partial charge on any atom is 0.191 e. The zero-order valence-electron chi connectivity index (χ0n) is 15.7. The van der Waals surface area contributed by atoms with Crippen molar-refractivity contribution in [2.24, 2.45) is 4.99 Å². The quantitative estimate of drug-likeness (QED) is 0.314. The molecule has 0 aliphatic carbocycles. The Bertz CT molecular complexity index is 871. The van der Waals surface area contributed by atoms with Gasteiger partial charge < -0.3 is 15.7 Å². The van der Waals surface area contributed by atoms with E-state index in [-0.39, 0.29) is 0 Å². The predicted molar refractivity (Wildman–Crippen MR) is 109 cm³/mol. The molecule has 0 aromatic carbocycles. The SMILES string of the molecule is CCNC(=NCC(C)(O)c1ccsc1)NCCCc1nnc2ccccn12. The summed E-state index contributed by atoms with van der Waals surface area (Å²) in [6.07, 6.45) is 3.71. The largest absolute Gasteiger partial charge is 0.383 e. The van der Waals surface area contributed by atoms with E-state index in [1.807, 2.05) is 52.5 Å². The minimum atomic E-state index is -0.969. The second-order valence-corrected chi connectivity index (χ2v) is 7.34. The summed E-state index contributed by atoms with van der Waals surface area (Å²) in [6.45, 7) is 5.64. The normalized spacial score (nSPS) is 14.3. The smallest absolute Gasteiger partial charge is 0.191 e. The van der Waals surface area contributed by atoms with Gasteiger partial charge in [0.2, 0.25) is 0 Å². The van der Waals surface area contributed by atoms with Crippen molar-refractivity contribution in [3.8, 4) is 0 Å². The van der Waals surface area contributed by atoms with E-state index in [0.717, 1.165) is 43.0 Å². The Morgan fingerprint density at radius 3 is 2.96 bits per heavy atom. The highest BCUT2D eigenvalue weighted by atomic mass is 32.1. The first-order valence-corrected chi connectivity index (χ1v) is 10.1. The van der Waals surface area contributed by atoms with Gasteiger partial charge in [-0.1, -0.05) is 6.07 Å². The lowest BCUT2D eigenvalue weighted by Crippen LogP contribution is -2.39. The summed E-state index contributed by atoms with van der Waals surface area (Å²) in [7, 11) is 0. The molecule has 3 N–H and O–H groups in total. The summed E-state index contributed by atoms with van der Waals surface area (Å²) in [5, 5.41) is 29.5. The lowest BCUT2D eigenvalue weighted by atomic mass is 10.00. The lowest BCUT2D eigenvalue weighted by Gasteiger charge is -2.21. The van der Waals surface area contributed by atoms with E-state index >= 15 is 0 Å². The number of guanidine groups is 1. The standard InChI is InChI=1S/C19H26N6OS/c1-3-20-18(22-14-19(2,26)15-9-12-27-13-15)21-10-6-8-17-24-23-16-7-4-5-11-25(16)17/h4-5,7,9,11-13,26H,3,6,8,10,14H2,1-2H3,(H2,20,21,22). The Balaban J connectivity index is 1.52.